The van der Waals surface area contributed by atoms with E-state index in [1.165, 1.54) is 6.07 Å². The zero-order valence-corrected chi connectivity index (χ0v) is 16.7. The van der Waals surface area contributed by atoms with E-state index in [-0.39, 0.29) is 10.6 Å². The molecule has 1 aromatic carbocycles. The van der Waals surface area contributed by atoms with Gasteiger partial charge in [-0.1, -0.05) is 23.2 Å². The summed E-state index contributed by atoms with van der Waals surface area (Å²) >= 11 is 12.0. The highest BCUT2D eigenvalue weighted by Gasteiger charge is 2.29. The third-order valence-corrected chi connectivity index (χ3v) is 4.55. The molecule has 9 heteroatoms. The zero-order valence-electron chi connectivity index (χ0n) is 15.2. The molecule has 2 N–H and O–H groups in total. The van der Waals surface area contributed by atoms with Gasteiger partial charge in [0.1, 0.15) is 5.60 Å². The van der Waals surface area contributed by atoms with E-state index in [2.05, 4.69) is 15.5 Å². The standard InChI is InChI=1S/C18H20Cl2N4O3/c1-18(2,3)27-17(26)24-7-6-14-12(9-24)15(23-22-14)21-16(25)11-8-10(19)4-5-13(11)20/h4-5,8H,6-7,9H2,1-3H3,(H2,21,22,23,25). The second kappa shape index (κ2) is 7.40. The number of H-pyrrole nitrogens is 1. The summed E-state index contributed by atoms with van der Waals surface area (Å²) in [4.78, 5) is 26.5. The number of fused-ring (bicyclic) bond motifs is 1. The molecule has 0 saturated carbocycles. The number of anilines is 1. The van der Waals surface area contributed by atoms with Crippen LogP contribution in [0.15, 0.2) is 18.2 Å². The van der Waals surface area contributed by atoms with Crippen LogP contribution in [0.2, 0.25) is 10.0 Å². The Bertz CT molecular complexity index is 889. The van der Waals surface area contributed by atoms with Gasteiger partial charge in [0.05, 0.1) is 17.1 Å². The van der Waals surface area contributed by atoms with E-state index >= 15 is 0 Å². The number of halogens is 2. The first-order valence-electron chi connectivity index (χ1n) is 8.44. The molecule has 2 amide bonds. The monoisotopic (exact) mass is 410 g/mol. The van der Waals surface area contributed by atoms with Crippen LogP contribution in [0.5, 0.6) is 0 Å². The van der Waals surface area contributed by atoms with Gasteiger partial charge in [-0.15, -0.1) is 0 Å². The molecule has 2 aromatic rings. The topological polar surface area (TPSA) is 87.3 Å². The maximum absolute atomic E-state index is 12.6. The first-order valence-corrected chi connectivity index (χ1v) is 9.20. The Balaban J connectivity index is 1.77. The highest BCUT2D eigenvalue weighted by molar-refractivity contribution is 6.36. The number of aromatic nitrogens is 2. The van der Waals surface area contributed by atoms with E-state index in [0.29, 0.717) is 30.4 Å². The third-order valence-electron chi connectivity index (χ3n) is 3.99. The Morgan fingerprint density at radius 3 is 2.74 bits per heavy atom. The maximum Gasteiger partial charge on any atom is 0.410 e. The van der Waals surface area contributed by atoms with Crippen molar-refractivity contribution in [3.05, 3.63) is 45.1 Å². The van der Waals surface area contributed by atoms with Gasteiger partial charge in [-0.2, -0.15) is 5.10 Å². The normalized spacial score (nSPS) is 13.9. The van der Waals surface area contributed by atoms with Crippen LogP contribution in [0.25, 0.3) is 0 Å². The van der Waals surface area contributed by atoms with Crippen molar-refractivity contribution in [1.82, 2.24) is 15.1 Å². The summed E-state index contributed by atoms with van der Waals surface area (Å²) in [6.45, 7) is 6.26. The van der Waals surface area contributed by atoms with E-state index in [4.69, 9.17) is 27.9 Å². The lowest BCUT2D eigenvalue weighted by Gasteiger charge is -2.30. The molecular formula is C18H20Cl2N4O3. The minimum atomic E-state index is -0.575. The second-order valence-corrected chi connectivity index (χ2v) is 8.10. The predicted octanol–water partition coefficient (Wildman–Crippen LogP) is 4.26. The molecule has 27 heavy (non-hydrogen) atoms. The smallest absolute Gasteiger partial charge is 0.410 e. The summed E-state index contributed by atoms with van der Waals surface area (Å²) in [6, 6.07) is 4.66. The van der Waals surface area contributed by atoms with Crippen molar-refractivity contribution < 1.29 is 14.3 Å². The molecule has 3 rings (SSSR count). The van der Waals surface area contributed by atoms with Crippen molar-refractivity contribution in [3.8, 4) is 0 Å². The molecule has 2 heterocycles. The van der Waals surface area contributed by atoms with Crippen LogP contribution in [0.3, 0.4) is 0 Å². The fourth-order valence-electron chi connectivity index (χ4n) is 2.73. The Labute approximate surface area is 167 Å². The molecule has 0 radical (unpaired) electrons. The molecule has 0 unspecified atom stereocenters. The van der Waals surface area contributed by atoms with E-state index in [0.717, 1.165) is 11.3 Å². The average molecular weight is 411 g/mol. The van der Waals surface area contributed by atoms with Gasteiger partial charge in [-0.3, -0.25) is 9.89 Å². The van der Waals surface area contributed by atoms with Gasteiger partial charge >= 0.3 is 6.09 Å². The fraction of sp³-hybridized carbons (Fsp3) is 0.389. The van der Waals surface area contributed by atoms with Crippen LogP contribution < -0.4 is 5.32 Å². The quantitative estimate of drug-likeness (QED) is 0.773. The molecule has 7 nitrogen and oxygen atoms in total. The number of carbonyl (C=O) groups is 2. The number of nitrogens with zero attached hydrogens (tertiary/aromatic N) is 2. The minimum Gasteiger partial charge on any atom is -0.444 e. The van der Waals surface area contributed by atoms with Crippen LogP contribution in [-0.4, -0.2) is 39.2 Å². The number of rotatable bonds is 2. The largest absolute Gasteiger partial charge is 0.444 e. The van der Waals surface area contributed by atoms with Crippen LogP contribution in [0.4, 0.5) is 10.6 Å². The molecule has 1 aromatic heterocycles. The molecule has 0 spiro atoms. The lowest BCUT2D eigenvalue weighted by Crippen LogP contribution is -2.40. The van der Waals surface area contributed by atoms with Crippen molar-refractivity contribution in [2.45, 2.75) is 39.3 Å². The number of amides is 2. The van der Waals surface area contributed by atoms with Crippen LogP contribution in [-0.2, 0) is 17.7 Å². The molecule has 1 aliphatic heterocycles. The van der Waals surface area contributed by atoms with Gasteiger partial charge in [0.2, 0.25) is 0 Å². The van der Waals surface area contributed by atoms with E-state index in [9.17, 15) is 9.59 Å². The summed E-state index contributed by atoms with van der Waals surface area (Å²) in [5.74, 6) is -0.0644. The summed E-state index contributed by atoms with van der Waals surface area (Å²) in [5, 5.41) is 10.5. The number of aromatic amines is 1. The van der Waals surface area contributed by atoms with Crippen molar-refractivity contribution in [2.75, 3.05) is 11.9 Å². The molecule has 0 atom stereocenters. The van der Waals surface area contributed by atoms with E-state index < -0.39 is 17.6 Å². The number of ether oxygens (including phenoxy) is 1. The summed E-state index contributed by atoms with van der Waals surface area (Å²) < 4.78 is 5.42. The third kappa shape index (κ3) is 4.54. The van der Waals surface area contributed by atoms with Gasteiger partial charge in [0, 0.05) is 29.2 Å². The Morgan fingerprint density at radius 2 is 2.04 bits per heavy atom. The van der Waals surface area contributed by atoms with Crippen molar-refractivity contribution in [3.63, 3.8) is 0 Å². The number of nitrogens with one attached hydrogen (secondary N) is 2. The first kappa shape index (κ1) is 19.5. The molecular weight excluding hydrogens is 391 g/mol. The molecule has 0 bridgehead atoms. The average Bonchev–Trinajstić information content (AvgIpc) is 2.97. The number of carbonyl (C=O) groups excluding carboxylic acids is 2. The van der Waals surface area contributed by atoms with Gasteiger partial charge in [0.15, 0.2) is 5.82 Å². The van der Waals surface area contributed by atoms with E-state index in [1.807, 2.05) is 20.8 Å². The van der Waals surface area contributed by atoms with Gasteiger partial charge in [-0.25, -0.2) is 4.79 Å². The summed E-state index contributed by atoms with van der Waals surface area (Å²) in [5.41, 5.74) is 1.30. The SMILES string of the molecule is CC(C)(C)OC(=O)N1CCc2[nH]nc(NC(=O)c3cc(Cl)ccc3Cl)c2C1. The lowest BCUT2D eigenvalue weighted by molar-refractivity contribution is 0.0224. The number of benzene rings is 1. The molecule has 0 fully saturated rings. The second-order valence-electron chi connectivity index (χ2n) is 7.26. The van der Waals surface area contributed by atoms with Gasteiger partial charge in [0.25, 0.3) is 5.91 Å². The maximum atomic E-state index is 12.6. The molecule has 0 aliphatic carbocycles. The fourth-order valence-corrected chi connectivity index (χ4v) is 3.10. The Kier molecular flexibility index (Phi) is 5.35. The van der Waals surface area contributed by atoms with Crippen molar-refractivity contribution >= 4 is 41.0 Å². The van der Waals surface area contributed by atoms with Crippen molar-refractivity contribution in [1.29, 1.82) is 0 Å². The van der Waals surface area contributed by atoms with Crippen LogP contribution in [0, 0.1) is 0 Å². The zero-order chi connectivity index (χ0) is 19.8. The number of hydrogen-bond acceptors (Lipinski definition) is 4. The van der Waals surface area contributed by atoms with Crippen LogP contribution >= 0.6 is 23.2 Å². The lowest BCUT2D eigenvalue weighted by atomic mass is 10.1. The molecule has 144 valence electrons. The molecule has 1 aliphatic rings. The van der Waals surface area contributed by atoms with Crippen molar-refractivity contribution in [2.24, 2.45) is 0 Å². The highest BCUT2D eigenvalue weighted by Crippen LogP contribution is 2.27. The van der Waals surface area contributed by atoms with Gasteiger partial charge < -0.3 is 15.0 Å². The summed E-state index contributed by atoms with van der Waals surface area (Å²) in [7, 11) is 0. The highest BCUT2D eigenvalue weighted by atomic mass is 35.5. The Morgan fingerprint density at radius 1 is 1.30 bits per heavy atom. The number of hydrogen-bond donors (Lipinski definition) is 2. The summed E-state index contributed by atoms with van der Waals surface area (Å²) in [6.07, 6.45) is 0.194. The first-order chi connectivity index (χ1) is 12.6. The Hall–Kier alpha value is -2.25. The van der Waals surface area contributed by atoms with Crippen LogP contribution in [0.1, 0.15) is 42.4 Å². The minimum absolute atomic E-state index is 0.251. The molecule has 0 saturated heterocycles. The van der Waals surface area contributed by atoms with E-state index in [1.54, 1.807) is 17.0 Å². The predicted molar refractivity (Wildman–Crippen MR) is 103 cm³/mol. The van der Waals surface area contributed by atoms with Gasteiger partial charge in [-0.05, 0) is 39.0 Å².